The van der Waals surface area contributed by atoms with Gasteiger partial charge in [-0.3, -0.25) is 24.4 Å². The number of carbonyl (C=O) groups excluding carboxylic acids is 3. The van der Waals surface area contributed by atoms with Gasteiger partial charge >= 0.3 is 5.97 Å². The summed E-state index contributed by atoms with van der Waals surface area (Å²) in [6.07, 6.45) is 4.19. The number of rotatable bonds is 7. The second-order valence-electron chi connectivity index (χ2n) is 16.5. The molecule has 3 aliphatic rings. The van der Waals surface area contributed by atoms with Crippen LogP contribution in [-0.4, -0.2) is 76.2 Å². The molecule has 2 saturated heterocycles. The lowest BCUT2D eigenvalue weighted by Crippen LogP contribution is -2.60. The van der Waals surface area contributed by atoms with Crippen molar-refractivity contribution < 1.29 is 23.9 Å². The first-order valence-corrected chi connectivity index (χ1v) is 21.3. The van der Waals surface area contributed by atoms with Crippen LogP contribution in [0.3, 0.4) is 0 Å². The van der Waals surface area contributed by atoms with Crippen molar-refractivity contribution in [2.75, 3.05) is 26.8 Å². The van der Waals surface area contributed by atoms with Crippen LogP contribution in [0.25, 0.3) is 33.4 Å². The fourth-order valence-corrected chi connectivity index (χ4v) is 9.69. The number of aromatic nitrogens is 3. The van der Waals surface area contributed by atoms with Crippen molar-refractivity contribution in [2.45, 2.75) is 90.6 Å². The molecule has 58 heavy (non-hydrogen) atoms. The van der Waals surface area contributed by atoms with Gasteiger partial charge in [0.2, 0.25) is 5.91 Å². The van der Waals surface area contributed by atoms with E-state index in [4.69, 9.17) is 19.4 Å². The highest BCUT2D eigenvalue weighted by Gasteiger charge is 2.39. The number of esters is 1. The van der Waals surface area contributed by atoms with Crippen molar-refractivity contribution in [3.8, 4) is 22.5 Å². The number of carbonyl (C=O) groups is 3. The maximum absolute atomic E-state index is 14.4. The van der Waals surface area contributed by atoms with Crippen molar-refractivity contribution in [2.24, 2.45) is 11.3 Å². The lowest BCUT2D eigenvalue weighted by atomic mass is 9.84. The molecular formula is C45H53N7O5S. The quantitative estimate of drug-likeness (QED) is 0.156. The number of hydrogen-bond donors (Lipinski definition) is 3. The van der Waals surface area contributed by atoms with Crippen LogP contribution in [-0.2, 0) is 43.2 Å². The molecule has 8 rings (SSSR count). The fraction of sp³-hybridized carbons (Fsp3) is 0.444. The molecule has 5 atom stereocenters. The van der Waals surface area contributed by atoms with Gasteiger partial charge in [0.25, 0.3) is 5.91 Å². The molecule has 0 radical (unpaired) electrons. The van der Waals surface area contributed by atoms with Gasteiger partial charge < -0.3 is 24.7 Å². The second kappa shape index (κ2) is 16.7. The summed E-state index contributed by atoms with van der Waals surface area (Å²) in [7, 11) is 1.70. The minimum Gasteiger partial charge on any atom is -0.464 e. The number of nitrogens with zero attached hydrogens (tertiary/aromatic N) is 4. The number of ether oxygens (including phenoxy) is 2. The molecule has 3 aliphatic heterocycles. The number of pyridine rings is 1. The van der Waals surface area contributed by atoms with Crippen LogP contribution >= 0.6 is 11.3 Å². The summed E-state index contributed by atoms with van der Waals surface area (Å²) in [4.78, 5) is 52.2. The maximum atomic E-state index is 14.4. The summed E-state index contributed by atoms with van der Waals surface area (Å²) in [5, 5.41) is 12.0. The third-order valence-corrected chi connectivity index (χ3v) is 12.7. The van der Waals surface area contributed by atoms with Crippen LogP contribution in [0, 0.1) is 11.3 Å². The SMILES string of the molecule is CCn1c(-c2cccnc2[C@H](C)OC)c2c3cc(ccc31)-c1csc(n1)C[C@H](NC(=O)[C@H]1CCN[C@H]1c1ccccc1)C(=O)N1CCC[C@H](N1)C(=O)OCC(C)(C)C2. The average Bonchev–Trinajstić information content (AvgIpc) is 4.00. The first kappa shape index (κ1) is 39.9. The molecule has 304 valence electrons. The first-order chi connectivity index (χ1) is 28.0. The lowest BCUT2D eigenvalue weighted by Gasteiger charge is -2.35. The molecule has 5 aromatic rings. The maximum Gasteiger partial charge on any atom is 0.324 e. The Morgan fingerprint density at radius 2 is 1.95 bits per heavy atom. The third kappa shape index (κ3) is 7.92. The largest absolute Gasteiger partial charge is 0.464 e. The highest BCUT2D eigenvalue weighted by molar-refractivity contribution is 7.10. The van der Waals surface area contributed by atoms with Crippen molar-refractivity contribution in [3.05, 3.63) is 94.1 Å². The van der Waals surface area contributed by atoms with E-state index in [9.17, 15) is 14.4 Å². The summed E-state index contributed by atoms with van der Waals surface area (Å²) >= 11 is 1.48. The zero-order valence-electron chi connectivity index (χ0n) is 33.9. The predicted molar refractivity (Wildman–Crippen MR) is 225 cm³/mol. The Morgan fingerprint density at radius 3 is 2.74 bits per heavy atom. The van der Waals surface area contributed by atoms with Crippen LogP contribution in [0.4, 0.5) is 0 Å². The van der Waals surface area contributed by atoms with E-state index in [0.717, 1.165) is 61.8 Å². The molecular weight excluding hydrogens is 751 g/mol. The zero-order chi connectivity index (χ0) is 40.6. The van der Waals surface area contributed by atoms with E-state index in [0.29, 0.717) is 38.8 Å². The molecule has 2 amide bonds. The Bertz CT molecular complexity index is 2300. The van der Waals surface area contributed by atoms with Gasteiger partial charge in [0.15, 0.2) is 0 Å². The normalized spacial score (nSPS) is 23.0. The second-order valence-corrected chi connectivity index (χ2v) is 17.5. The van der Waals surface area contributed by atoms with Gasteiger partial charge in [0.05, 0.1) is 40.7 Å². The number of cyclic esters (lactones) is 1. The van der Waals surface area contributed by atoms with Gasteiger partial charge in [-0.15, -0.1) is 11.3 Å². The standard InChI is InChI=1S/C45H53N7O5S/c1-6-51-37-17-16-29-22-32(37)33(41(51)30-14-10-19-46-39(30)27(2)56-5)24-45(3,4)26-57-44(55)34-15-11-21-52(50-34)43(54)35(23-38-48-36(29)25-58-38)49-42(53)31-18-20-47-40(31)28-12-8-7-9-13-28/h7-10,12-14,16-17,19,22,25,27,31,34-35,40,47,50H,6,11,15,18,20-21,23-24,26H2,1-5H3,(H,49,53)/t27-,31-,34-,35-,40-/m0/s1. The minimum absolute atomic E-state index is 0.158. The van der Waals surface area contributed by atoms with E-state index in [-0.39, 0.29) is 42.9 Å². The summed E-state index contributed by atoms with van der Waals surface area (Å²) in [6.45, 7) is 10.4. The highest BCUT2D eigenvalue weighted by Crippen LogP contribution is 2.42. The molecule has 6 heterocycles. The summed E-state index contributed by atoms with van der Waals surface area (Å²) in [5.74, 6) is -1.24. The number of benzene rings is 2. The van der Waals surface area contributed by atoms with Crippen LogP contribution in [0.5, 0.6) is 0 Å². The van der Waals surface area contributed by atoms with Crippen molar-refractivity contribution in [1.29, 1.82) is 0 Å². The number of nitrogens with one attached hydrogen (secondary N) is 3. The molecule has 0 saturated carbocycles. The fourth-order valence-electron chi connectivity index (χ4n) is 8.84. The van der Waals surface area contributed by atoms with Crippen molar-refractivity contribution in [1.82, 2.24) is 35.6 Å². The molecule has 0 spiro atoms. The van der Waals surface area contributed by atoms with Gasteiger partial charge in [0.1, 0.15) is 12.1 Å². The zero-order valence-corrected chi connectivity index (χ0v) is 34.7. The summed E-state index contributed by atoms with van der Waals surface area (Å²) in [6, 6.07) is 18.7. The van der Waals surface area contributed by atoms with E-state index in [2.05, 4.69) is 65.7 Å². The molecule has 0 aliphatic carbocycles. The van der Waals surface area contributed by atoms with E-state index in [1.807, 2.05) is 48.7 Å². The highest BCUT2D eigenvalue weighted by atomic mass is 32.1. The Balaban J connectivity index is 1.20. The van der Waals surface area contributed by atoms with E-state index in [1.54, 1.807) is 13.3 Å². The molecule has 3 aromatic heterocycles. The molecule has 12 nitrogen and oxygen atoms in total. The van der Waals surface area contributed by atoms with E-state index >= 15 is 0 Å². The number of hydrogen-bond acceptors (Lipinski definition) is 10. The molecule has 2 fully saturated rings. The molecule has 13 heteroatoms. The summed E-state index contributed by atoms with van der Waals surface area (Å²) in [5.41, 5.74) is 10.7. The number of amides is 2. The number of thiazole rings is 1. The lowest BCUT2D eigenvalue weighted by molar-refractivity contribution is -0.155. The number of fused-ring (bicyclic) bond motifs is 6. The average molecular weight is 804 g/mol. The Labute approximate surface area is 343 Å². The number of hydrazine groups is 1. The summed E-state index contributed by atoms with van der Waals surface area (Å²) < 4.78 is 14.2. The number of methoxy groups -OCH3 is 1. The number of aryl methyl sites for hydroxylation is 1. The van der Waals surface area contributed by atoms with Crippen LogP contribution in [0.15, 0.2) is 72.2 Å². The van der Waals surface area contributed by atoms with Crippen LogP contribution in [0.2, 0.25) is 0 Å². The van der Waals surface area contributed by atoms with Gasteiger partial charge in [0, 0.05) is 71.7 Å². The van der Waals surface area contributed by atoms with Crippen LogP contribution in [0.1, 0.15) is 80.9 Å². The van der Waals surface area contributed by atoms with Gasteiger partial charge in [-0.05, 0) is 81.5 Å². The van der Waals surface area contributed by atoms with Gasteiger partial charge in [-0.25, -0.2) is 10.4 Å². The monoisotopic (exact) mass is 803 g/mol. The predicted octanol–water partition coefficient (Wildman–Crippen LogP) is 6.55. The van der Waals surface area contributed by atoms with Crippen molar-refractivity contribution in [3.63, 3.8) is 0 Å². The molecule has 6 bridgehead atoms. The topological polar surface area (TPSA) is 140 Å². The molecule has 2 aromatic carbocycles. The van der Waals surface area contributed by atoms with Gasteiger partial charge in [-0.2, -0.15) is 0 Å². The minimum atomic E-state index is -0.901. The smallest absolute Gasteiger partial charge is 0.324 e. The third-order valence-electron chi connectivity index (χ3n) is 11.9. The first-order valence-electron chi connectivity index (χ1n) is 20.5. The Hall–Kier alpha value is -4.95. The Kier molecular flexibility index (Phi) is 11.5. The molecule has 3 N–H and O–H groups in total. The van der Waals surface area contributed by atoms with Crippen LogP contribution < -0.4 is 16.1 Å². The molecule has 0 unspecified atom stereocenters. The van der Waals surface area contributed by atoms with Gasteiger partial charge in [-0.1, -0.05) is 50.2 Å². The Morgan fingerprint density at radius 1 is 1.12 bits per heavy atom. The van der Waals surface area contributed by atoms with E-state index in [1.165, 1.54) is 16.3 Å². The van der Waals surface area contributed by atoms with E-state index < -0.39 is 23.5 Å². The van der Waals surface area contributed by atoms with Crippen molar-refractivity contribution >= 4 is 40.0 Å².